The molecule has 34 heavy (non-hydrogen) atoms. The number of non-ortho nitro benzene ring substituents is 1. The summed E-state index contributed by atoms with van der Waals surface area (Å²) < 4.78 is 43.2. The van der Waals surface area contributed by atoms with Gasteiger partial charge in [0.25, 0.3) is 5.69 Å². The van der Waals surface area contributed by atoms with Crippen molar-refractivity contribution in [1.29, 1.82) is 0 Å². The van der Waals surface area contributed by atoms with Crippen molar-refractivity contribution in [3.63, 3.8) is 0 Å². The predicted octanol–water partition coefficient (Wildman–Crippen LogP) is 1.81. The van der Waals surface area contributed by atoms with Crippen LogP contribution in [0, 0.1) is 10.1 Å². The van der Waals surface area contributed by atoms with Gasteiger partial charge in [-0.2, -0.15) is 4.31 Å². The van der Waals surface area contributed by atoms with Crippen LogP contribution in [0.2, 0.25) is 0 Å². The smallest absolute Gasteiger partial charge is 0.340 e. The van der Waals surface area contributed by atoms with E-state index in [1.807, 2.05) is 4.90 Å². The van der Waals surface area contributed by atoms with E-state index in [0.29, 0.717) is 50.8 Å². The first-order chi connectivity index (χ1) is 16.4. The third-order valence-electron chi connectivity index (χ3n) is 5.64. The van der Waals surface area contributed by atoms with Gasteiger partial charge in [-0.05, 0) is 23.8 Å². The Morgan fingerprint density at radius 1 is 1.00 bits per heavy atom. The van der Waals surface area contributed by atoms with Crippen LogP contribution < -0.4 is 4.90 Å². The van der Waals surface area contributed by atoms with E-state index in [-0.39, 0.29) is 35.8 Å². The van der Waals surface area contributed by atoms with Gasteiger partial charge in [0.05, 0.1) is 47.5 Å². The van der Waals surface area contributed by atoms with E-state index in [0.717, 1.165) is 0 Å². The van der Waals surface area contributed by atoms with Crippen LogP contribution >= 0.6 is 0 Å². The van der Waals surface area contributed by atoms with Crippen molar-refractivity contribution in [2.24, 2.45) is 0 Å². The molecule has 182 valence electrons. The van der Waals surface area contributed by atoms with E-state index < -0.39 is 20.9 Å². The van der Waals surface area contributed by atoms with Crippen molar-refractivity contribution in [2.45, 2.75) is 11.5 Å². The molecule has 0 radical (unpaired) electrons. The molecule has 0 bridgehead atoms. The second-order valence-electron chi connectivity index (χ2n) is 7.80. The number of carbonyl (C=O) groups excluding carboxylic acids is 1. The maximum Gasteiger partial charge on any atom is 0.340 e. The molecule has 2 heterocycles. The second kappa shape index (κ2) is 10.5. The molecule has 0 unspecified atom stereocenters. The lowest BCUT2D eigenvalue weighted by Gasteiger charge is -2.30. The van der Waals surface area contributed by atoms with Gasteiger partial charge in [0.15, 0.2) is 0 Å². The van der Waals surface area contributed by atoms with E-state index in [9.17, 15) is 23.3 Å². The summed E-state index contributed by atoms with van der Waals surface area (Å²) in [5, 5.41) is 11.3. The van der Waals surface area contributed by atoms with Crippen LogP contribution in [0.3, 0.4) is 0 Å². The zero-order chi connectivity index (χ0) is 24.1. The predicted molar refractivity (Wildman–Crippen MR) is 121 cm³/mol. The van der Waals surface area contributed by atoms with Crippen LogP contribution in [0.15, 0.2) is 47.4 Å². The van der Waals surface area contributed by atoms with Crippen molar-refractivity contribution in [3.8, 4) is 0 Å². The van der Waals surface area contributed by atoms with Gasteiger partial charge in [-0.15, -0.1) is 0 Å². The largest absolute Gasteiger partial charge is 0.457 e. The fourth-order valence-electron chi connectivity index (χ4n) is 3.84. The second-order valence-corrected chi connectivity index (χ2v) is 9.74. The fourth-order valence-corrected chi connectivity index (χ4v) is 5.32. The Morgan fingerprint density at radius 2 is 1.68 bits per heavy atom. The molecular formula is C22H25N3O8S. The number of anilines is 1. The highest BCUT2D eigenvalue weighted by Crippen LogP contribution is 2.28. The Hall–Kier alpha value is -3.06. The Kier molecular flexibility index (Phi) is 7.41. The minimum Gasteiger partial charge on any atom is -0.457 e. The van der Waals surface area contributed by atoms with Crippen molar-refractivity contribution < 1.29 is 32.3 Å². The van der Waals surface area contributed by atoms with E-state index in [4.69, 9.17) is 14.2 Å². The molecule has 0 N–H and O–H groups in total. The van der Waals surface area contributed by atoms with Crippen LogP contribution in [0.4, 0.5) is 11.4 Å². The maximum absolute atomic E-state index is 12.9. The molecular weight excluding hydrogens is 466 g/mol. The normalized spacial score (nSPS) is 17.4. The Labute approximate surface area is 197 Å². The molecule has 2 fully saturated rings. The molecule has 2 aromatic carbocycles. The molecule has 12 heteroatoms. The minimum absolute atomic E-state index is 0.0770. The lowest BCUT2D eigenvalue weighted by Crippen LogP contribution is -2.40. The van der Waals surface area contributed by atoms with Crippen LogP contribution in [-0.2, 0) is 30.8 Å². The van der Waals surface area contributed by atoms with Crippen LogP contribution in [0.5, 0.6) is 0 Å². The highest BCUT2D eigenvalue weighted by Gasteiger charge is 2.27. The summed E-state index contributed by atoms with van der Waals surface area (Å²) >= 11 is 0. The molecule has 0 spiro atoms. The fraction of sp³-hybridized carbons (Fsp3) is 0.409. The number of ether oxygens (including phenoxy) is 3. The first kappa shape index (κ1) is 24.1. The molecule has 11 nitrogen and oxygen atoms in total. The first-order valence-electron chi connectivity index (χ1n) is 10.8. The Morgan fingerprint density at radius 3 is 2.35 bits per heavy atom. The summed E-state index contributed by atoms with van der Waals surface area (Å²) in [5.74, 6) is -0.730. The SMILES string of the molecule is O=C(OCc1cccc(S(=O)(=O)N2CCOCC2)c1)c1cc([N+](=O)[O-])ccc1N1CCOCC1. The quantitative estimate of drug-likeness (QED) is 0.323. The molecule has 0 aliphatic carbocycles. The van der Waals surface area contributed by atoms with Gasteiger partial charge in [-0.25, -0.2) is 13.2 Å². The lowest BCUT2D eigenvalue weighted by atomic mass is 10.1. The average molecular weight is 492 g/mol. The van der Waals surface area contributed by atoms with Gasteiger partial charge in [0.1, 0.15) is 6.61 Å². The number of hydrogen-bond donors (Lipinski definition) is 0. The summed E-state index contributed by atoms with van der Waals surface area (Å²) in [6, 6.07) is 10.3. The van der Waals surface area contributed by atoms with Crippen LogP contribution in [-0.4, -0.2) is 76.2 Å². The zero-order valence-electron chi connectivity index (χ0n) is 18.4. The summed E-state index contributed by atoms with van der Waals surface area (Å²) in [5.41, 5.74) is 0.874. The number of nitrogens with zero attached hydrogens (tertiary/aromatic N) is 3. The summed E-state index contributed by atoms with van der Waals surface area (Å²) in [7, 11) is -3.69. The molecule has 2 aromatic rings. The van der Waals surface area contributed by atoms with Crippen molar-refractivity contribution in [2.75, 3.05) is 57.5 Å². The standard InChI is InChI=1S/C22H25N3O8S/c26-22(20-15-18(25(27)28)4-5-21(20)23-6-10-31-11-7-23)33-16-17-2-1-3-19(14-17)34(29,30)24-8-12-32-13-9-24/h1-5,14-15H,6-13,16H2. The number of esters is 1. The molecule has 2 aliphatic rings. The van der Waals surface area contributed by atoms with E-state index >= 15 is 0 Å². The number of benzene rings is 2. The third kappa shape index (κ3) is 5.36. The van der Waals surface area contributed by atoms with Gasteiger partial charge >= 0.3 is 5.97 Å². The van der Waals surface area contributed by atoms with Crippen molar-refractivity contribution in [3.05, 3.63) is 63.7 Å². The number of carbonyl (C=O) groups is 1. The van der Waals surface area contributed by atoms with Gasteiger partial charge in [-0.1, -0.05) is 12.1 Å². The molecule has 2 saturated heterocycles. The van der Waals surface area contributed by atoms with Gasteiger partial charge in [-0.3, -0.25) is 10.1 Å². The lowest BCUT2D eigenvalue weighted by molar-refractivity contribution is -0.384. The zero-order valence-corrected chi connectivity index (χ0v) is 19.2. The number of nitro groups is 1. The topological polar surface area (TPSA) is 129 Å². The summed E-state index contributed by atoms with van der Waals surface area (Å²) in [6.45, 7) is 3.09. The minimum atomic E-state index is -3.69. The summed E-state index contributed by atoms with van der Waals surface area (Å²) in [4.78, 5) is 25.6. The van der Waals surface area contributed by atoms with Gasteiger partial charge < -0.3 is 19.1 Å². The van der Waals surface area contributed by atoms with Crippen LogP contribution in [0.25, 0.3) is 0 Å². The first-order valence-corrected chi connectivity index (χ1v) is 12.3. The number of nitro benzene ring substituents is 1. The molecule has 4 rings (SSSR count). The molecule has 0 aromatic heterocycles. The summed E-state index contributed by atoms with van der Waals surface area (Å²) in [6.07, 6.45) is 0. The molecule has 2 aliphatic heterocycles. The van der Waals surface area contributed by atoms with Crippen molar-refractivity contribution in [1.82, 2.24) is 4.31 Å². The number of rotatable bonds is 7. The van der Waals surface area contributed by atoms with Gasteiger partial charge in [0.2, 0.25) is 10.0 Å². The highest BCUT2D eigenvalue weighted by atomic mass is 32.2. The van der Waals surface area contributed by atoms with Crippen LogP contribution in [0.1, 0.15) is 15.9 Å². The third-order valence-corrected chi connectivity index (χ3v) is 7.53. The maximum atomic E-state index is 12.9. The Balaban J connectivity index is 1.52. The van der Waals surface area contributed by atoms with Crippen molar-refractivity contribution >= 4 is 27.4 Å². The molecule has 0 amide bonds. The number of morpholine rings is 2. The monoisotopic (exact) mass is 491 g/mol. The van der Waals surface area contributed by atoms with E-state index in [2.05, 4.69) is 0 Å². The molecule has 0 atom stereocenters. The Bertz CT molecular complexity index is 1160. The number of sulfonamides is 1. The van der Waals surface area contributed by atoms with E-state index in [1.54, 1.807) is 12.1 Å². The van der Waals surface area contributed by atoms with E-state index in [1.165, 1.54) is 34.6 Å². The molecule has 0 saturated carbocycles. The van der Waals surface area contributed by atoms with Gasteiger partial charge in [0, 0.05) is 38.3 Å². The highest BCUT2D eigenvalue weighted by molar-refractivity contribution is 7.89. The average Bonchev–Trinajstić information content (AvgIpc) is 2.88. The number of hydrogen-bond acceptors (Lipinski definition) is 9.